The molecular weight excluding hydrogens is 680 g/mol. The first-order valence-corrected chi connectivity index (χ1v) is 19.0. The molecule has 0 aliphatic carbocycles. The molecule has 0 heterocycles. The Bertz CT molecular complexity index is 718. The van der Waals surface area contributed by atoms with Gasteiger partial charge in [0.25, 0.3) is 0 Å². The summed E-state index contributed by atoms with van der Waals surface area (Å²) in [6.07, 6.45) is 4.73. The van der Waals surface area contributed by atoms with E-state index in [0.29, 0.717) is 16.7 Å². The molecule has 0 atom stereocenters. The second-order valence-corrected chi connectivity index (χ2v) is 12.8. The Balaban J connectivity index is -0.0000000408. The number of carbonyl (C=O) groups excluding carboxylic acids is 4. The fraction of sp³-hybridized carbons (Fsp3) is 0.767. The van der Waals surface area contributed by atoms with Gasteiger partial charge in [-0.3, -0.25) is 9.59 Å². The van der Waals surface area contributed by atoms with Crippen molar-refractivity contribution >= 4 is 34.8 Å². The molecule has 0 aromatic carbocycles. The summed E-state index contributed by atoms with van der Waals surface area (Å²) in [5.74, 6) is 1.77. The smallest absolute Gasteiger partial charge is 0.332 e. The number of aliphatic hydroxyl groups excluding tert-OH is 1. The monoisotopic (exact) mass is 773 g/mol. The van der Waals surface area contributed by atoms with Crippen LogP contribution in [-0.2, 0) is 33.4 Å². The highest BCUT2D eigenvalue weighted by molar-refractivity contribution is 6.67. The van der Waals surface area contributed by atoms with E-state index in [9.17, 15) is 19.2 Å². The fourth-order valence-electron chi connectivity index (χ4n) is 1.06. The minimum Gasteiger partial charge on any atom is -0.469 e. The second kappa shape index (κ2) is 66.8. The van der Waals surface area contributed by atoms with E-state index in [2.05, 4.69) is 110 Å². The average Bonchev–Trinajstić information content (AvgIpc) is 3.10. The largest absolute Gasteiger partial charge is 0.469 e. The highest BCUT2D eigenvalue weighted by Gasteiger charge is 2.25. The van der Waals surface area contributed by atoms with Gasteiger partial charge in [-0.1, -0.05) is 150 Å². The van der Waals surface area contributed by atoms with Crippen LogP contribution in [-0.4, -0.2) is 56.7 Å². The predicted molar refractivity (Wildman–Crippen MR) is 233 cm³/mol. The molecule has 0 unspecified atom stereocenters. The molecule has 1 N–H and O–H groups in total. The number of methoxy groups -OCH3 is 3. The molecule has 8 nitrogen and oxygen atoms in total. The van der Waals surface area contributed by atoms with Gasteiger partial charge in [-0.05, 0) is 70.4 Å². The first-order valence-electron chi connectivity index (χ1n) is 18.6. The molecule has 0 spiro atoms. The lowest BCUT2D eigenvalue weighted by Gasteiger charge is -2.17. The molecule has 0 amide bonds. The van der Waals surface area contributed by atoms with Crippen LogP contribution < -0.4 is 0 Å². The van der Waals surface area contributed by atoms with Crippen LogP contribution in [0.15, 0.2) is 36.5 Å². The lowest BCUT2D eigenvalue weighted by atomic mass is 9.91. The van der Waals surface area contributed by atoms with Crippen LogP contribution in [0.2, 0.25) is 0 Å². The van der Waals surface area contributed by atoms with E-state index >= 15 is 0 Å². The molecule has 0 aromatic heterocycles. The average molecular weight is 774 g/mol. The summed E-state index contributed by atoms with van der Waals surface area (Å²) in [6.45, 7) is 52.5. The van der Waals surface area contributed by atoms with Gasteiger partial charge in [0, 0.05) is 23.8 Å². The maximum atomic E-state index is 10.8. The minimum absolute atomic E-state index is 0.134. The Labute approximate surface area is 331 Å². The molecule has 0 radical (unpaired) electrons. The van der Waals surface area contributed by atoms with Gasteiger partial charge in [0.15, 0.2) is 0 Å². The number of ether oxygens (including phenoxy) is 3. The van der Waals surface area contributed by atoms with Crippen LogP contribution in [0.25, 0.3) is 0 Å². The van der Waals surface area contributed by atoms with E-state index in [1.54, 1.807) is 20.8 Å². The van der Waals surface area contributed by atoms with Crippen LogP contribution in [0.3, 0.4) is 0 Å². The Kier molecular flexibility index (Phi) is 101. The number of rotatable bonds is 7. The SMILES string of the molecule is C=C(C)C(=O)Cl.C=C(C)C(=O)OC.C=C(C)C(=O)OC.CC.CC.CC(C)C.CC(C)C.CCC.CCC(C)(C)C(=O)OC.CCC(C)CC.CO. The summed E-state index contributed by atoms with van der Waals surface area (Å²) < 4.78 is 13.1. The van der Waals surface area contributed by atoms with Gasteiger partial charge in [0.1, 0.15) is 0 Å². The van der Waals surface area contributed by atoms with Crippen molar-refractivity contribution in [2.24, 2.45) is 23.2 Å². The first-order chi connectivity index (χ1) is 23.7. The molecule has 0 bridgehead atoms. The fourth-order valence-corrected chi connectivity index (χ4v) is 1.06. The Morgan fingerprint density at radius 2 is 0.788 bits per heavy atom. The molecule has 320 valence electrons. The molecule has 0 saturated carbocycles. The van der Waals surface area contributed by atoms with Crippen LogP contribution in [0.1, 0.15) is 171 Å². The van der Waals surface area contributed by atoms with E-state index in [0.717, 1.165) is 31.3 Å². The zero-order valence-corrected chi connectivity index (χ0v) is 40.1. The summed E-state index contributed by atoms with van der Waals surface area (Å²) in [6, 6.07) is 0. The summed E-state index contributed by atoms with van der Waals surface area (Å²) in [7, 11) is 5.08. The van der Waals surface area contributed by atoms with Crippen molar-refractivity contribution in [3.05, 3.63) is 36.5 Å². The molecule has 0 aliphatic heterocycles. The third-order valence-electron chi connectivity index (χ3n) is 4.42. The van der Waals surface area contributed by atoms with Crippen molar-refractivity contribution in [1.82, 2.24) is 0 Å². The Hall–Kier alpha value is -2.45. The molecule has 0 aromatic rings. The normalized spacial score (nSPS) is 8.12. The summed E-state index contributed by atoms with van der Waals surface area (Å²) in [5, 5.41) is 6.54. The van der Waals surface area contributed by atoms with Crippen molar-refractivity contribution in [2.75, 3.05) is 28.4 Å². The molecular formula is C43H93ClO8. The van der Waals surface area contributed by atoms with Crippen LogP contribution in [0.5, 0.6) is 0 Å². The minimum atomic E-state index is -0.463. The molecule has 0 saturated heterocycles. The topological polar surface area (TPSA) is 116 Å². The predicted octanol–water partition coefficient (Wildman–Crippen LogP) is 13.2. The van der Waals surface area contributed by atoms with E-state index in [-0.39, 0.29) is 23.3 Å². The molecule has 0 rings (SSSR count). The number of carbonyl (C=O) groups is 4. The summed E-state index contributed by atoms with van der Waals surface area (Å²) in [4.78, 5) is 41.0. The van der Waals surface area contributed by atoms with Crippen molar-refractivity contribution in [1.29, 1.82) is 0 Å². The van der Waals surface area contributed by atoms with E-state index in [1.807, 2.05) is 48.5 Å². The van der Waals surface area contributed by atoms with E-state index in [1.165, 1.54) is 40.6 Å². The summed E-state index contributed by atoms with van der Waals surface area (Å²) in [5.41, 5.74) is 0.941. The van der Waals surface area contributed by atoms with Crippen LogP contribution in [0.4, 0.5) is 0 Å². The molecule has 0 fully saturated rings. The van der Waals surface area contributed by atoms with Crippen molar-refractivity contribution in [3.63, 3.8) is 0 Å². The van der Waals surface area contributed by atoms with Crippen molar-refractivity contribution < 1.29 is 38.5 Å². The number of esters is 3. The highest BCUT2D eigenvalue weighted by atomic mass is 35.5. The zero-order chi connectivity index (χ0) is 45.2. The Morgan fingerprint density at radius 1 is 0.596 bits per heavy atom. The quantitative estimate of drug-likeness (QED) is 0.118. The van der Waals surface area contributed by atoms with Crippen molar-refractivity contribution in [2.45, 2.75) is 171 Å². The Morgan fingerprint density at radius 3 is 0.808 bits per heavy atom. The number of hydrogen-bond acceptors (Lipinski definition) is 8. The van der Waals surface area contributed by atoms with Gasteiger partial charge in [-0.15, -0.1) is 0 Å². The van der Waals surface area contributed by atoms with Crippen molar-refractivity contribution in [3.8, 4) is 0 Å². The lowest BCUT2D eigenvalue weighted by Crippen LogP contribution is -2.24. The molecule has 52 heavy (non-hydrogen) atoms. The molecule has 0 aliphatic rings. The van der Waals surface area contributed by atoms with Crippen LogP contribution in [0, 0.1) is 23.2 Å². The maximum Gasteiger partial charge on any atom is 0.332 e. The number of hydrogen-bond donors (Lipinski definition) is 1. The summed E-state index contributed by atoms with van der Waals surface area (Å²) >= 11 is 4.87. The molecule has 9 heteroatoms. The van der Waals surface area contributed by atoms with E-state index < -0.39 is 5.24 Å². The first kappa shape index (κ1) is 78.6. The standard InChI is InChI=1S/C7H14O2.C6H14.2C5H8O2.C4H5ClO.2C4H10.C3H8.2C2H6.CH4O/c1-5-7(2,3)6(8)9-4;1-4-6(3)5-2;2*1-4(2)5(6)7-3;1-3(2)4(5)6;2*1-4(2)3;1-3-2;3*1-2/h5H2,1-4H3;6H,4-5H2,1-3H3;2*1H2,2-3H3;1H2,2H3;2*4H,1-3H3;3H2,1-2H3;2*1-2H3;2H,1H3. The van der Waals surface area contributed by atoms with Gasteiger partial charge in [-0.25, -0.2) is 9.59 Å². The second-order valence-electron chi connectivity index (χ2n) is 12.4. The highest BCUT2D eigenvalue weighted by Crippen LogP contribution is 2.20. The van der Waals surface area contributed by atoms with Gasteiger partial charge in [0.05, 0.1) is 26.7 Å². The third kappa shape index (κ3) is 126. The zero-order valence-electron chi connectivity index (χ0n) is 39.4. The van der Waals surface area contributed by atoms with Gasteiger partial charge in [0.2, 0.25) is 5.24 Å². The maximum absolute atomic E-state index is 10.8. The number of allylic oxidation sites excluding steroid dienone is 1. The van der Waals surface area contributed by atoms with Gasteiger partial charge >= 0.3 is 17.9 Å². The lowest BCUT2D eigenvalue weighted by molar-refractivity contribution is -0.150. The van der Waals surface area contributed by atoms with Gasteiger partial charge in [-0.2, -0.15) is 0 Å². The van der Waals surface area contributed by atoms with Gasteiger partial charge < -0.3 is 19.3 Å². The van der Waals surface area contributed by atoms with E-state index in [4.69, 9.17) is 16.7 Å². The third-order valence-corrected chi connectivity index (χ3v) is 4.74. The number of halogens is 1. The number of aliphatic hydroxyl groups is 1. The van der Waals surface area contributed by atoms with Crippen LogP contribution >= 0.6 is 11.6 Å².